The molecule has 1 heterocycles. The van der Waals surface area contributed by atoms with Crippen molar-refractivity contribution in [1.29, 1.82) is 0 Å². The predicted octanol–water partition coefficient (Wildman–Crippen LogP) is 5.48. The van der Waals surface area contributed by atoms with Crippen molar-refractivity contribution >= 4 is 35.0 Å². The van der Waals surface area contributed by atoms with Gasteiger partial charge >= 0.3 is 0 Å². The highest BCUT2D eigenvalue weighted by molar-refractivity contribution is 5.93. The van der Waals surface area contributed by atoms with E-state index in [0.717, 1.165) is 53.8 Å². The Hall–Kier alpha value is -2.33. The molecule has 0 bridgehead atoms. The van der Waals surface area contributed by atoms with Gasteiger partial charge in [-0.05, 0) is 49.6 Å². The van der Waals surface area contributed by atoms with Crippen LogP contribution in [0.25, 0.3) is 22.4 Å². The van der Waals surface area contributed by atoms with Crippen LogP contribution in [0.15, 0.2) is 42.5 Å². The number of halogens is 1. The van der Waals surface area contributed by atoms with Crippen molar-refractivity contribution in [3.05, 3.63) is 48.0 Å². The van der Waals surface area contributed by atoms with Crippen LogP contribution in [0.5, 0.6) is 0 Å². The summed E-state index contributed by atoms with van der Waals surface area (Å²) in [6.45, 7) is 2.07. The summed E-state index contributed by atoms with van der Waals surface area (Å²) < 4.78 is 0. The van der Waals surface area contributed by atoms with E-state index in [-0.39, 0.29) is 24.2 Å². The minimum Gasteiger partial charge on any atom is -0.338 e. The number of nitrogens with one attached hydrogen (secondary N) is 2. The van der Waals surface area contributed by atoms with Crippen molar-refractivity contribution in [2.75, 3.05) is 5.32 Å². The first-order valence-electron chi connectivity index (χ1n) is 9.07. The Labute approximate surface area is 159 Å². The molecule has 0 atom stereocenters. The largest absolute Gasteiger partial charge is 0.338 e. The van der Waals surface area contributed by atoms with Crippen LogP contribution in [0.4, 0.5) is 5.69 Å². The number of nitrogens with zero attached hydrogens (tertiary/aromatic N) is 1. The zero-order chi connectivity index (χ0) is 17.2. The molecule has 1 aliphatic rings. The molecule has 0 saturated heterocycles. The summed E-state index contributed by atoms with van der Waals surface area (Å²) >= 11 is 0. The lowest BCUT2D eigenvalue weighted by Crippen LogP contribution is -2.24. The predicted molar refractivity (Wildman–Crippen MR) is 109 cm³/mol. The number of carbonyl (C=O) groups is 1. The summed E-state index contributed by atoms with van der Waals surface area (Å²) in [5.41, 5.74) is 5.01. The monoisotopic (exact) mass is 369 g/mol. The number of fused-ring (bicyclic) bond motifs is 1. The number of hydrogen-bond donors (Lipinski definition) is 2. The van der Waals surface area contributed by atoms with E-state index < -0.39 is 0 Å². The number of hydrogen-bond acceptors (Lipinski definition) is 2. The first kappa shape index (κ1) is 18.5. The second-order valence-corrected chi connectivity index (χ2v) is 7.01. The second kappa shape index (κ2) is 7.92. The van der Waals surface area contributed by atoms with E-state index >= 15 is 0 Å². The molecule has 0 aliphatic heterocycles. The Kier molecular flexibility index (Phi) is 5.62. The normalized spacial score (nSPS) is 14.8. The third-order valence-corrected chi connectivity index (χ3v) is 5.02. The molecule has 3 aromatic rings. The molecule has 0 spiro atoms. The smallest absolute Gasteiger partial charge is 0.227 e. The van der Waals surface area contributed by atoms with Gasteiger partial charge in [0.15, 0.2) is 0 Å². The van der Waals surface area contributed by atoms with Gasteiger partial charge in [0.2, 0.25) is 5.91 Å². The average Bonchev–Trinajstić information content (AvgIpc) is 3.06. The van der Waals surface area contributed by atoms with Crippen molar-refractivity contribution in [3.8, 4) is 11.4 Å². The second-order valence-electron chi connectivity index (χ2n) is 7.01. The van der Waals surface area contributed by atoms with Crippen LogP contribution in [0.2, 0.25) is 0 Å². The molecular formula is C21H24ClN3O. The van der Waals surface area contributed by atoms with Crippen LogP contribution in [-0.4, -0.2) is 15.9 Å². The van der Waals surface area contributed by atoms with Crippen LogP contribution in [0, 0.1) is 12.8 Å². The van der Waals surface area contributed by atoms with Gasteiger partial charge in [-0.3, -0.25) is 4.79 Å². The molecule has 136 valence electrons. The summed E-state index contributed by atoms with van der Waals surface area (Å²) in [5, 5.41) is 3.08. The van der Waals surface area contributed by atoms with Crippen LogP contribution in [0.1, 0.15) is 37.7 Å². The Morgan fingerprint density at radius 2 is 1.92 bits per heavy atom. The van der Waals surface area contributed by atoms with E-state index in [4.69, 9.17) is 0 Å². The molecule has 4 rings (SSSR count). The molecule has 1 aliphatic carbocycles. The average molecular weight is 370 g/mol. The molecular weight excluding hydrogens is 346 g/mol. The molecule has 2 N–H and O–H groups in total. The third kappa shape index (κ3) is 3.91. The van der Waals surface area contributed by atoms with Gasteiger partial charge in [0.05, 0.1) is 11.0 Å². The van der Waals surface area contributed by atoms with E-state index in [9.17, 15) is 4.79 Å². The summed E-state index contributed by atoms with van der Waals surface area (Å²) in [5.74, 6) is 1.14. The summed E-state index contributed by atoms with van der Waals surface area (Å²) in [6.07, 6.45) is 5.60. The third-order valence-electron chi connectivity index (χ3n) is 5.02. The highest BCUT2D eigenvalue weighted by Crippen LogP contribution is 2.27. The van der Waals surface area contributed by atoms with Crippen LogP contribution in [0.3, 0.4) is 0 Å². The Balaban J connectivity index is 0.00000196. The number of imidazole rings is 1. The van der Waals surface area contributed by atoms with Gasteiger partial charge in [-0.2, -0.15) is 0 Å². The standard InChI is InChI=1S/C21H23N3O.ClH/c1-14-10-11-18-19(12-14)24-20(23-18)16-8-5-9-17(13-16)22-21(25)15-6-3-2-4-7-15;/h5,8-13,15H,2-4,6-7H2,1H3,(H,22,25)(H,23,24);1H. The maximum Gasteiger partial charge on any atom is 0.227 e. The Morgan fingerprint density at radius 1 is 1.12 bits per heavy atom. The highest BCUT2D eigenvalue weighted by Gasteiger charge is 2.21. The van der Waals surface area contributed by atoms with E-state index in [2.05, 4.69) is 34.3 Å². The fourth-order valence-corrected chi connectivity index (χ4v) is 3.61. The maximum atomic E-state index is 12.5. The van der Waals surface area contributed by atoms with Crippen molar-refractivity contribution < 1.29 is 4.79 Å². The fourth-order valence-electron chi connectivity index (χ4n) is 3.61. The lowest BCUT2D eigenvalue weighted by molar-refractivity contribution is -0.120. The Bertz CT molecular complexity index is 913. The minimum atomic E-state index is 0. The molecule has 5 heteroatoms. The van der Waals surface area contributed by atoms with Gasteiger partial charge in [-0.1, -0.05) is 37.5 Å². The number of aromatic nitrogens is 2. The summed E-state index contributed by atoms with van der Waals surface area (Å²) in [7, 11) is 0. The highest BCUT2D eigenvalue weighted by atomic mass is 35.5. The lowest BCUT2D eigenvalue weighted by atomic mass is 9.88. The van der Waals surface area contributed by atoms with Crippen molar-refractivity contribution in [2.45, 2.75) is 39.0 Å². The number of rotatable bonds is 3. The molecule has 0 unspecified atom stereocenters. The van der Waals surface area contributed by atoms with Gasteiger partial charge in [-0.25, -0.2) is 4.98 Å². The summed E-state index contributed by atoms with van der Waals surface area (Å²) in [4.78, 5) is 20.5. The minimum absolute atomic E-state index is 0. The topological polar surface area (TPSA) is 57.8 Å². The number of amides is 1. The van der Waals surface area contributed by atoms with Crippen LogP contribution >= 0.6 is 12.4 Å². The van der Waals surface area contributed by atoms with Crippen molar-refractivity contribution in [3.63, 3.8) is 0 Å². The molecule has 0 radical (unpaired) electrons. The fraction of sp³-hybridized carbons (Fsp3) is 0.333. The first-order valence-corrected chi connectivity index (χ1v) is 9.07. The van der Waals surface area contributed by atoms with E-state index in [0.29, 0.717) is 0 Å². The van der Waals surface area contributed by atoms with E-state index in [1.807, 2.05) is 30.3 Å². The molecule has 2 aromatic carbocycles. The van der Waals surface area contributed by atoms with Crippen LogP contribution < -0.4 is 5.32 Å². The summed E-state index contributed by atoms with van der Waals surface area (Å²) in [6, 6.07) is 14.1. The van der Waals surface area contributed by atoms with Crippen molar-refractivity contribution in [1.82, 2.24) is 9.97 Å². The number of H-pyrrole nitrogens is 1. The number of aryl methyl sites for hydroxylation is 1. The SMILES string of the molecule is Cc1ccc2nc(-c3cccc(NC(=O)C4CCCCC4)c3)[nH]c2c1.Cl. The maximum absolute atomic E-state index is 12.5. The number of anilines is 1. The van der Waals surface area contributed by atoms with Crippen molar-refractivity contribution in [2.24, 2.45) is 5.92 Å². The molecule has 1 aromatic heterocycles. The molecule has 1 fully saturated rings. The van der Waals surface area contributed by atoms with Crippen LogP contribution in [-0.2, 0) is 4.79 Å². The van der Waals surface area contributed by atoms with E-state index in [1.54, 1.807) is 0 Å². The molecule has 26 heavy (non-hydrogen) atoms. The number of carbonyl (C=O) groups excluding carboxylic acids is 1. The zero-order valence-electron chi connectivity index (χ0n) is 14.9. The number of aromatic amines is 1. The van der Waals surface area contributed by atoms with Gasteiger partial charge < -0.3 is 10.3 Å². The quantitative estimate of drug-likeness (QED) is 0.642. The molecule has 4 nitrogen and oxygen atoms in total. The van der Waals surface area contributed by atoms with Gasteiger partial charge in [0, 0.05) is 17.2 Å². The molecule has 1 saturated carbocycles. The van der Waals surface area contributed by atoms with Gasteiger partial charge in [0.25, 0.3) is 0 Å². The lowest BCUT2D eigenvalue weighted by Gasteiger charge is -2.20. The Morgan fingerprint density at radius 3 is 2.73 bits per heavy atom. The molecule has 1 amide bonds. The zero-order valence-corrected chi connectivity index (χ0v) is 15.7. The van der Waals surface area contributed by atoms with Gasteiger partial charge in [0.1, 0.15) is 5.82 Å². The number of benzene rings is 2. The first-order chi connectivity index (χ1) is 12.2. The van der Waals surface area contributed by atoms with E-state index in [1.165, 1.54) is 12.0 Å². The van der Waals surface area contributed by atoms with Gasteiger partial charge in [-0.15, -0.1) is 12.4 Å².